The van der Waals surface area contributed by atoms with Crippen molar-refractivity contribution in [2.24, 2.45) is 0 Å². The van der Waals surface area contributed by atoms with Gasteiger partial charge in [0.05, 0.1) is 5.38 Å². The van der Waals surface area contributed by atoms with E-state index >= 15 is 0 Å². The van der Waals surface area contributed by atoms with E-state index < -0.39 is 0 Å². The van der Waals surface area contributed by atoms with E-state index in [-0.39, 0.29) is 17.6 Å². The van der Waals surface area contributed by atoms with Crippen molar-refractivity contribution < 1.29 is 9.47 Å². The summed E-state index contributed by atoms with van der Waals surface area (Å²) in [7, 11) is 1.68. The molecule has 1 aromatic rings. The van der Waals surface area contributed by atoms with E-state index in [9.17, 15) is 0 Å². The van der Waals surface area contributed by atoms with Crippen molar-refractivity contribution in [3.05, 3.63) is 29.8 Å². The van der Waals surface area contributed by atoms with Crippen LogP contribution in [0.25, 0.3) is 0 Å². The monoisotopic (exact) mass is 268 g/mol. The van der Waals surface area contributed by atoms with E-state index in [1.165, 1.54) is 18.4 Å². The molecule has 2 nitrogen and oxygen atoms in total. The zero-order chi connectivity index (χ0) is 13.0. The van der Waals surface area contributed by atoms with Crippen LogP contribution in [0.15, 0.2) is 24.3 Å². The molecule has 0 amide bonds. The molecule has 0 bridgehead atoms. The maximum absolute atomic E-state index is 6.05. The molecule has 0 spiro atoms. The van der Waals surface area contributed by atoms with Crippen molar-refractivity contribution in [2.45, 2.75) is 50.2 Å². The van der Waals surface area contributed by atoms with Gasteiger partial charge < -0.3 is 9.47 Å². The molecule has 0 aromatic heterocycles. The Morgan fingerprint density at radius 3 is 2.56 bits per heavy atom. The van der Waals surface area contributed by atoms with Crippen LogP contribution in [0.3, 0.4) is 0 Å². The highest BCUT2D eigenvalue weighted by Gasteiger charge is 2.42. The predicted molar refractivity (Wildman–Crippen MR) is 74.5 cm³/mol. The van der Waals surface area contributed by atoms with Crippen LogP contribution in [-0.2, 0) is 11.2 Å². The Balaban J connectivity index is 1.86. The highest BCUT2D eigenvalue weighted by atomic mass is 35.5. The predicted octanol–water partition coefficient (Wildman–Crippen LogP) is 3.80. The van der Waals surface area contributed by atoms with Crippen LogP contribution in [-0.4, -0.2) is 24.7 Å². The summed E-state index contributed by atoms with van der Waals surface area (Å²) in [6.45, 7) is 2.21. The number of hydrogen-bond donors (Lipinski definition) is 0. The van der Waals surface area contributed by atoms with Crippen LogP contribution < -0.4 is 4.74 Å². The minimum absolute atomic E-state index is 0.0198. The molecule has 1 aliphatic rings. The Morgan fingerprint density at radius 1 is 1.28 bits per heavy atom. The van der Waals surface area contributed by atoms with Gasteiger partial charge in [0.25, 0.3) is 0 Å². The molecule has 0 N–H and O–H groups in total. The average Bonchev–Trinajstić information content (AvgIpc) is 2.37. The second kappa shape index (κ2) is 6.44. The number of benzene rings is 1. The van der Waals surface area contributed by atoms with Crippen molar-refractivity contribution in [3.63, 3.8) is 0 Å². The van der Waals surface area contributed by atoms with Gasteiger partial charge in [-0.2, -0.15) is 0 Å². The molecular formula is C15H21ClO2. The summed E-state index contributed by atoms with van der Waals surface area (Å²) >= 11 is 6.05. The summed E-state index contributed by atoms with van der Waals surface area (Å²) in [6, 6.07) is 8.37. The number of aryl methyl sites for hydroxylation is 1. The van der Waals surface area contributed by atoms with Gasteiger partial charge in [-0.25, -0.2) is 0 Å². The lowest BCUT2D eigenvalue weighted by atomic mass is 9.91. The molecule has 0 heterocycles. The quantitative estimate of drug-likeness (QED) is 0.731. The van der Waals surface area contributed by atoms with E-state index in [0.29, 0.717) is 0 Å². The first-order chi connectivity index (χ1) is 8.74. The van der Waals surface area contributed by atoms with Crippen molar-refractivity contribution in [3.8, 4) is 5.75 Å². The Kier molecular flexibility index (Phi) is 4.90. The number of halogens is 1. The number of hydrogen-bond acceptors (Lipinski definition) is 2. The lowest BCUT2D eigenvalue weighted by molar-refractivity contribution is -0.0583. The topological polar surface area (TPSA) is 18.5 Å². The van der Waals surface area contributed by atoms with Gasteiger partial charge in [0.15, 0.2) is 0 Å². The van der Waals surface area contributed by atoms with Gasteiger partial charge in [-0.3, -0.25) is 0 Å². The number of methoxy groups -OCH3 is 1. The maximum Gasteiger partial charge on any atom is 0.128 e. The molecule has 100 valence electrons. The van der Waals surface area contributed by atoms with Crippen LogP contribution in [0.2, 0.25) is 0 Å². The zero-order valence-electron chi connectivity index (χ0n) is 11.1. The first-order valence-corrected chi connectivity index (χ1v) is 7.10. The van der Waals surface area contributed by atoms with E-state index in [0.717, 1.165) is 18.6 Å². The van der Waals surface area contributed by atoms with Gasteiger partial charge in [0.2, 0.25) is 0 Å². The molecule has 18 heavy (non-hydrogen) atoms. The van der Waals surface area contributed by atoms with Crippen LogP contribution in [0, 0.1) is 0 Å². The fourth-order valence-corrected chi connectivity index (χ4v) is 2.67. The maximum atomic E-state index is 6.05. The molecule has 0 aliphatic heterocycles. The van der Waals surface area contributed by atoms with E-state index in [1.807, 2.05) is 12.1 Å². The fourth-order valence-electron chi connectivity index (χ4n) is 2.23. The van der Waals surface area contributed by atoms with Crippen LogP contribution in [0.4, 0.5) is 0 Å². The van der Waals surface area contributed by atoms with Crippen molar-refractivity contribution >= 4 is 11.6 Å². The minimum atomic E-state index is 0.0198. The van der Waals surface area contributed by atoms with Gasteiger partial charge in [-0.1, -0.05) is 25.5 Å². The molecule has 0 saturated heterocycles. The van der Waals surface area contributed by atoms with Crippen LogP contribution in [0.1, 0.15) is 31.7 Å². The minimum Gasteiger partial charge on any atom is -0.488 e. The Bertz CT molecular complexity index is 363. The van der Waals surface area contributed by atoms with Crippen molar-refractivity contribution in [1.82, 2.24) is 0 Å². The fraction of sp³-hybridized carbons (Fsp3) is 0.600. The summed E-state index contributed by atoms with van der Waals surface area (Å²) in [5.41, 5.74) is 1.37. The molecule has 3 heteroatoms. The lowest BCUT2D eigenvalue weighted by Crippen LogP contribution is -2.52. The zero-order valence-corrected chi connectivity index (χ0v) is 11.8. The first-order valence-electron chi connectivity index (χ1n) is 6.67. The largest absolute Gasteiger partial charge is 0.488 e. The van der Waals surface area contributed by atoms with Crippen molar-refractivity contribution in [2.75, 3.05) is 7.11 Å². The second-order valence-corrected chi connectivity index (χ2v) is 5.42. The number of alkyl halides is 1. The smallest absolute Gasteiger partial charge is 0.128 e. The van der Waals surface area contributed by atoms with Crippen LogP contribution >= 0.6 is 11.6 Å². The lowest BCUT2D eigenvalue weighted by Gasteiger charge is -2.39. The van der Waals surface area contributed by atoms with Gasteiger partial charge in [0, 0.05) is 13.5 Å². The van der Waals surface area contributed by atoms with E-state index in [2.05, 4.69) is 19.1 Å². The third-order valence-electron chi connectivity index (χ3n) is 3.48. The molecule has 2 rings (SSSR count). The van der Waals surface area contributed by atoms with Crippen molar-refractivity contribution in [1.29, 1.82) is 0 Å². The number of ether oxygens (including phenoxy) is 2. The summed E-state index contributed by atoms with van der Waals surface area (Å²) in [6.07, 6.45) is 4.59. The molecule has 3 atom stereocenters. The molecule has 0 radical (unpaired) electrons. The summed E-state index contributed by atoms with van der Waals surface area (Å²) in [5, 5.41) is 0.0869. The van der Waals surface area contributed by atoms with Crippen LogP contribution in [0.5, 0.6) is 5.75 Å². The van der Waals surface area contributed by atoms with Gasteiger partial charge >= 0.3 is 0 Å². The number of unbranched alkanes of at least 4 members (excludes halogenated alkanes) is 1. The summed E-state index contributed by atoms with van der Waals surface area (Å²) in [5.74, 6) is 0.908. The molecular weight excluding hydrogens is 248 g/mol. The third kappa shape index (κ3) is 3.18. The Hall–Kier alpha value is -0.730. The Labute approximate surface area is 114 Å². The first kappa shape index (κ1) is 13.7. The molecule has 1 aromatic carbocycles. The molecule has 1 saturated carbocycles. The SMILES string of the molecule is CCCCc1ccc(OC2CC(Cl)C2OC)cc1. The standard InChI is InChI=1S/C15H21ClO2/c1-3-4-5-11-6-8-12(9-7-11)18-14-10-13(16)15(14)17-2/h6-9,13-15H,3-5,10H2,1-2H3. The van der Waals surface area contributed by atoms with E-state index in [4.69, 9.17) is 21.1 Å². The highest BCUT2D eigenvalue weighted by Crippen LogP contribution is 2.32. The number of rotatable bonds is 6. The summed E-state index contributed by atoms with van der Waals surface area (Å²) < 4.78 is 11.2. The van der Waals surface area contributed by atoms with Gasteiger partial charge in [-0.15, -0.1) is 11.6 Å². The molecule has 1 aliphatic carbocycles. The third-order valence-corrected chi connectivity index (χ3v) is 3.91. The summed E-state index contributed by atoms with van der Waals surface area (Å²) in [4.78, 5) is 0. The van der Waals surface area contributed by atoms with Gasteiger partial charge in [-0.05, 0) is 30.5 Å². The highest BCUT2D eigenvalue weighted by molar-refractivity contribution is 6.21. The molecule has 1 fully saturated rings. The van der Waals surface area contributed by atoms with E-state index in [1.54, 1.807) is 7.11 Å². The average molecular weight is 269 g/mol. The van der Waals surface area contributed by atoms with Gasteiger partial charge in [0.1, 0.15) is 18.0 Å². The second-order valence-electron chi connectivity index (χ2n) is 4.86. The Morgan fingerprint density at radius 2 is 2.00 bits per heavy atom. The normalized spacial score (nSPS) is 26.7. The molecule has 3 unspecified atom stereocenters.